The van der Waals surface area contributed by atoms with Crippen molar-refractivity contribution in [2.75, 3.05) is 26.8 Å². The molecule has 1 aliphatic heterocycles. The van der Waals surface area contributed by atoms with E-state index in [1.54, 1.807) is 7.11 Å². The molecular formula is C16H27N3OS. The Hall–Kier alpha value is -1.07. The average molecular weight is 309 g/mol. The third kappa shape index (κ3) is 4.20. The van der Waals surface area contributed by atoms with Gasteiger partial charge in [-0.25, -0.2) is 0 Å². The van der Waals surface area contributed by atoms with Crippen molar-refractivity contribution in [2.24, 2.45) is 13.0 Å². The van der Waals surface area contributed by atoms with Crippen LogP contribution in [0.15, 0.2) is 18.3 Å². The molecule has 5 heteroatoms. The lowest BCUT2D eigenvalue weighted by Crippen LogP contribution is -2.43. The van der Waals surface area contributed by atoms with Crippen LogP contribution in [0.25, 0.3) is 0 Å². The minimum absolute atomic E-state index is 0.373. The van der Waals surface area contributed by atoms with Crippen LogP contribution in [-0.2, 0) is 11.8 Å². The molecule has 1 aliphatic rings. The van der Waals surface area contributed by atoms with Gasteiger partial charge in [-0.2, -0.15) is 0 Å². The van der Waals surface area contributed by atoms with Gasteiger partial charge in [-0.15, -0.1) is 0 Å². The lowest BCUT2D eigenvalue weighted by Gasteiger charge is -2.33. The normalized spacial score (nSPS) is 22.9. The molecule has 1 N–H and O–H groups in total. The molecule has 1 saturated heterocycles. The molecule has 0 unspecified atom stereocenters. The van der Waals surface area contributed by atoms with Crippen LogP contribution < -0.4 is 5.32 Å². The predicted octanol–water partition coefficient (Wildman–Crippen LogP) is 2.71. The predicted molar refractivity (Wildman–Crippen MR) is 90.4 cm³/mol. The van der Waals surface area contributed by atoms with Crippen molar-refractivity contribution in [2.45, 2.75) is 32.2 Å². The molecule has 2 rings (SSSR count). The molecule has 0 bridgehead atoms. The lowest BCUT2D eigenvalue weighted by molar-refractivity contribution is 0.202. The third-order valence-corrected chi connectivity index (χ3v) is 4.72. The van der Waals surface area contributed by atoms with Crippen molar-refractivity contribution in [1.82, 2.24) is 14.8 Å². The second kappa shape index (κ2) is 7.80. The number of methoxy groups -OCH3 is 1. The first kappa shape index (κ1) is 16.3. The Morgan fingerprint density at radius 1 is 1.43 bits per heavy atom. The van der Waals surface area contributed by atoms with E-state index in [4.69, 9.17) is 17.0 Å². The Balaban J connectivity index is 2.12. The second-order valence-corrected chi connectivity index (χ2v) is 6.34. The van der Waals surface area contributed by atoms with E-state index in [0.29, 0.717) is 12.6 Å². The molecular weight excluding hydrogens is 282 g/mol. The molecule has 0 spiro atoms. The second-order valence-electron chi connectivity index (χ2n) is 5.95. The van der Waals surface area contributed by atoms with Gasteiger partial charge in [0.25, 0.3) is 0 Å². The van der Waals surface area contributed by atoms with Gasteiger partial charge in [0.15, 0.2) is 5.11 Å². The maximum absolute atomic E-state index is 5.63. The molecule has 2 heterocycles. The summed E-state index contributed by atoms with van der Waals surface area (Å²) in [5.41, 5.74) is 1.35. The third-order valence-electron chi connectivity index (χ3n) is 4.34. The number of nitrogens with one attached hydrogen (secondary N) is 1. The van der Waals surface area contributed by atoms with E-state index in [0.717, 1.165) is 30.5 Å². The van der Waals surface area contributed by atoms with Crippen LogP contribution >= 0.6 is 12.2 Å². The van der Waals surface area contributed by atoms with E-state index in [2.05, 4.69) is 47.1 Å². The molecule has 1 fully saturated rings. The number of likely N-dealkylation sites (tertiary alicyclic amines) is 1. The van der Waals surface area contributed by atoms with Gasteiger partial charge in [0.2, 0.25) is 0 Å². The molecule has 0 amide bonds. The van der Waals surface area contributed by atoms with Crippen LogP contribution in [0.1, 0.15) is 37.9 Å². The van der Waals surface area contributed by atoms with Gasteiger partial charge >= 0.3 is 0 Å². The number of hydrogen-bond acceptors (Lipinski definition) is 2. The van der Waals surface area contributed by atoms with Gasteiger partial charge in [-0.1, -0.05) is 6.92 Å². The van der Waals surface area contributed by atoms with Gasteiger partial charge in [0.05, 0.1) is 12.6 Å². The van der Waals surface area contributed by atoms with Crippen LogP contribution in [-0.4, -0.2) is 41.4 Å². The van der Waals surface area contributed by atoms with Crippen molar-refractivity contribution in [3.05, 3.63) is 24.0 Å². The minimum atomic E-state index is 0.373. The Bertz CT molecular complexity index is 460. The summed E-state index contributed by atoms with van der Waals surface area (Å²) in [4.78, 5) is 2.36. The molecule has 1 aromatic rings. The summed E-state index contributed by atoms with van der Waals surface area (Å²) in [6.45, 7) is 4.81. The van der Waals surface area contributed by atoms with Crippen molar-refractivity contribution in [1.29, 1.82) is 0 Å². The van der Waals surface area contributed by atoms with E-state index >= 15 is 0 Å². The minimum Gasteiger partial charge on any atom is -0.383 e. The monoisotopic (exact) mass is 309 g/mol. The molecule has 2 atom stereocenters. The summed E-state index contributed by atoms with van der Waals surface area (Å²) in [5.74, 6) is 0.763. The zero-order chi connectivity index (χ0) is 15.2. The van der Waals surface area contributed by atoms with Crippen molar-refractivity contribution < 1.29 is 4.74 Å². The average Bonchev–Trinajstić information content (AvgIpc) is 2.78. The van der Waals surface area contributed by atoms with Gasteiger partial charge in [-0.3, -0.25) is 0 Å². The highest BCUT2D eigenvalue weighted by Gasteiger charge is 2.28. The van der Waals surface area contributed by atoms with E-state index in [1.807, 2.05) is 0 Å². The number of rotatable bonds is 4. The quantitative estimate of drug-likeness (QED) is 0.684. The maximum Gasteiger partial charge on any atom is 0.169 e. The van der Waals surface area contributed by atoms with E-state index in [9.17, 15) is 0 Å². The largest absolute Gasteiger partial charge is 0.383 e. The van der Waals surface area contributed by atoms with Gasteiger partial charge in [0.1, 0.15) is 0 Å². The number of aromatic nitrogens is 1. The Kier molecular flexibility index (Phi) is 6.06. The number of hydrogen-bond donors (Lipinski definition) is 1. The van der Waals surface area contributed by atoms with Crippen LogP contribution in [0.5, 0.6) is 0 Å². The Morgan fingerprint density at radius 3 is 2.90 bits per heavy atom. The van der Waals surface area contributed by atoms with E-state index in [1.165, 1.54) is 18.5 Å². The molecule has 21 heavy (non-hydrogen) atoms. The first-order chi connectivity index (χ1) is 10.1. The van der Waals surface area contributed by atoms with Crippen LogP contribution in [0, 0.1) is 5.92 Å². The first-order valence-corrected chi connectivity index (χ1v) is 8.19. The standard InChI is InChI=1S/C16H27N3OS/c1-13-6-7-15(14-5-4-10-18(14)2)19(11-8-13)16(21)17-9-12-20-3/h4-5,10,13,15H,6-9,11-12H2,1-3H3,(H,17,21)/t13-,15+/m1/s1. The first-order valence-electron chi connectivity index (χ1n) is 7.78. The van der Waals surface area contributed by atoms with E-state index in [-0.39, 0.29) is 0 Å². The van der Waals surface area contributed by atoms with Gasteiger partial charge in [0, 0.05) is 39.1 Å². The topological polar surface area (TPSA) is 29.4 Å². The fourth-order valence-corrected chi connectivity index (χ4v) is 3.31. The molecule has 0 aromatic carbocycles. The van der Waals surface area contributed by atoms with Gasteiger partial charge < -0.3 is 19.5 Å². The number of thiocarbonyl (C=S) groups is 1. The summed E-state index contributed by atoms with van der Waals surface area (Å²) in [5, 5.41) is 4.18. The highest BCUT2D eigenvalue weighted by molar-refractivity contribution is 7.80. The number of aryl methyl sites for hydroxylation is 1. The molecule has 118 valence electrons. The van der Waals surface area contributed by atoms with Crippen molar-refractivity contribution in [3.8, 4) is 0 Å². The van der Waals surface area contributed by atoms with Crippen LogP contribution in [0.4, 0.5) is 0 Å². The summed E-state index contributed by atoms with van der Waals surface area (Å²) in [7, 11) is 3.83. The molecule has 0 radical (unpaired) electrons. The number of nitrogens with zero attached hydrogens (tertiary/aromatic N) is 2. The fraction of sp³-hybridized carbons (Fsp3) is 0.688. The summed E-state index contributed by atoms with van der Waals surface area (Å²) >= 11 is 5.63. The Labute approximate surface area is 133 Å². The zero-order valence-electron chi connectivity index (χ0n) is 13.3. The zero-order valence-corrected chi connectivity index (χ0v) is 14.2. The summed E-state index contributed by atoms with van der Waals surface area (Å²) in [6, 6.07) is 4.70. The molecule has 4 nitrogen and oxygen atoms in total. The fourth-order valence-electron chi connectivity index (χ4n) is 2.99. The highest BCUT2D eigenvalue weighted by Crippen LogP contribution is 2.32. The van der Waals surface area contributed by atoms with Crippen molar-refractivity contribution in [3.63, 3.8) is 0 Å². The van der Waals surface area contributed by atoms with Gasteiger partial charge in [-0.05, 0) is 49.5 Å². The molecule has 0 aliphatic carbocycles. The SMILES string of the molecule is COCCNC(=S)N1CC[C@H](C)CC[C@H]1c1cccn1C. The summed E-state index contributed by atoms with van der Waals surface area (Å²) in [6.07, 6.45) is 5.73. The van der Waals surface area contributed by atoms with Crippen LogP contribution in [0.2, 0.25) is 0 Å². The molecule has 0 saturated carbocycles. The maximum atomic E-state index is 5.63. The highest BCUT2D eigenvalue weighted by atomic mass is 32.1. The van der Waals surface area contributed by atoms with E-state index < -0.39 is 0 Å². The van der Waals surface area contributed by atoms with Crippen LogP contribution in [0.3, 0.4) is 0 Å². The summed E-state index contributed by atoms with van der Waals surface area (Å²) < 4.78 is 7.31. The lowest BCUT2D eigenvalue weighted by atomic mass is 10.0. The molecule has 1 aromatic heterocycles. The smallest absolute Gasteiger partial charge is 0.169 e. The Morgan fingerprint density at radius 2 is 2.24 bits per heavy atom. The number of ether oxygens (including phenoxy) is 1. The van der Waals surface area contributed by atoms with Crippen molar-refractivity contribution >= 4 is 17.3 Å².